The number of benzene rings is 2. The maximum Gasteiger partial charge on any atom is 0.260 e. The Kier molecular flexibility index (Phi) is 8.02. The van der Waals surface area contributed by atoms with E-state index in [9.17, 15) is 4.79 Å². The number of nitrogens with zero attached hydrogens (tertiary/aromatic N) is 3. The molecule has 0 aliphatic heterocycles. The maximum absolute atomic E-state index is 13.3. The Labute approximate surface area is 182 Å². The fraction of sp³-hybridized carbons (Fsp3) is 0.364. The lowest BCUT2D eigenvalue weighted by atomic mass is 10.1. The normalized spacial score (nSPS) is 10.8. The van der Waals surface area contributed by atoms with E-state index in [0.29, 0.717) is 17.9 Å². The number of carbonyl (C=O) groups excluding carboxylic acids is 1. The topological polar surface area (TPSA) is 45.7 Å². The van der Waals surface area contributed by atoms with Crippen LogP contribution >= 0.6 is 23.7 Å². The Morgan fingerprint density at radius 1 is 1.10 bits per heavy atom. The SMILES string of the molecule is COc1cccc(C(=O)N(CCCN(C)C)c2nc3cc(C)c(C)cc3s2)c1.Cl. The average Bonchev–Trinajstić information content (AvgIpc) is 3.07. The second kappa shape index (κ2) is 10.1. The molecule has 1 heterocycles. The Hall–Kier alpha value is -2.15. The van der Waals surface area contributed by atoms with Crippen molar-refractivity contribution in [3.8, 4) is 5.75 Å². The van der Waals surface area contributed by atoms with Crippen LogP contribution in [0.2, 0.25) is 0 Å². The fourth-order valence-corrected chi connectivity index (χ4v) is 4.09. The first-order valence-corrected chi connectivity index (χ1v) is 10.2. The van der Waals surface area contributed by atoms with E-state index in [1.807, 2.05) is 32.3 Å². The Morgan fingerprint density at radius 2 is 1.83 bits per heavy atom. The first-order chi connectivity index (χ1) is 13.4. The highest BCUT2D eigenvalue weighted by atomic mass is 35.5. The number of carbonyl (C=O) groups is 1. The molecule has 3 rings (SSSR count). The van der Waals surface area contributed by atoms with Gasteiger partial charge in [-0.3, -0.25) is 9.69 Å². The molecule has 0 spiro atoms. The predicted molar refractivity (Wildman–Crippen MR) is 124 cm³/mol. The van der Waals surface area contributed by atoms with Crippen LogP contribution in [0.4, 0.5) is 5.13 Å². The van der Waals surface area contributed by atoms with Crippen LogP contribution in [0.5, 0.6) is 5.75 Å². The van der Waals surface area contributed by atoms with Gasteiger partial charge in [0.15, 0.2) is 5.13 Å². The van der Waals surface area contributed by atoms with E-state index in [1.165, 1.54) is 11.1 Å². The summed E-state index contributed by atoms with van der Waals surface area (Å²) in [5.74, 6) is 0.625. The summed E-state index contributed by atoms with van der Waals surface area (Å²) in [6, 6.07) is 11.5. The Bertz CT molecular complexity index is 948. The summed E-state index contributed by atoms with van der Waals surface area (Å²) in [7, 11) is 5.69. The molecule has 0 unspecified atom stereocenters. The van der Waals surface area contributed by atoms with E-state index >= 15 is 0 Å². The highest BCUT2D eigenvalue weighted by molar-refractivity contribution is 7.22. The zero-order valence-corrected chi connectivity index (χ0v) is 19.2. The minimum atomic E-state index is -0.0508. The number of anilines is 1. The van der Waals surface area contributed by atoms with Crippen molar-refractivity contribution in [1.82, 2.24) is 9.88 Å². The lowest BCUT2D eigenvalue weighted by molar-refractivity contribution is 0.0985. The molecule has 0 radical (unpaired) electrons. The standard InChI is InChI=1S/C22H27N3O2S.ClH/c1-15-12-19-20(13-16(15)2)28-22(23-19)25(11-7-10-24(3)4)21(26)17-8-6-9-18(14-17)27-5;/h6,8-9,12-14H,7,10-11H2,1-5H3;1H. The van der Waals surface area contributed by atoms with Crippen molar-refractivity contribution in [3.05, 3.63) is 53.1 Å². The molecule has 0 atom stereocenters. The summed E-state index contributed by atoms with van der Waals surface area (Å²) in [5, 5.41) is 0.742. The number of amides is 1. The molecule has 156 valence electrons. The van der Waals surface area contributed by atoms with Gasteiger partial charge in [-0.1, -0.05) is 17.4 Å². The summed E-state index contributed by atoms with van der Waals surface area (Å²) >= 11 is 1.57. The maximum atomic E-state index is 13.3. The molecule has 0 fully saturated rings. The van der Waals surface area contributed by atoms with Crippen LogP contribution in [0.15, 0.2) is 36.4 Å². The Morgan fingerprint density at radius 3 is 2.52 bits per heavy atom. The van der Waals surface area contributed by atoms with Gasteiger partial charge in [0, 0.05) is 12.1 Å². The van der Waals surface area contributed by atoms with E-state index in [0.717, 1.165) is 28.3 Å². The number of halogens is 1. The zero-order valence-electron chi connectivity index (χ0n) is 17.6. The summed E-state index contributed by atoms with van der Waals surface area (Å²) in [6.45, 7) is 5.71. The smallest absolute Gasteiger partial charge is 0.260 e. The van der Waals surface area contributed by atoms with E-state index in [1.54, 1.807) is 29.4 Å². The molecule has 0 bridgehead atoms. The van der Waals surface area contributed by atoms with Crippen molar-refractivity contribution in [2.24, 2.45) is 0 Å². The number of rotatable bonds is 7. The summed E-state index contributed by atoms with van der Waals surface area (Å²) in [5.41, 5.74) is 4.00. The molecule has 0 saturated heterocycles. The molecule has 3 aromatic rings. The van der Waals surface area contributed by atoms with Crippen LogP contribution < -0.4 is 9.64 Å². The molecule has 0 aliphatic rings. The van der Waals surface area contributed by atoms with Gasteiger partial charge in [-0.05, 0) is 82.4 Å². The highest BCUT2D eigenvalue weighted by Gasteiger charge is 2.22. The lowest BCUT2D eigenvalue weighted by Crippen LogP contribution is -2.33. The molecule has 29 heavy (non-hydrogen) atoms. The molecule has 0 aliphatic carbocycles. The van der Waals surface area contributed by atoms with E-state index in [4.69, 9.17) is 9.72 Å². The van der Waals surface area contributed by atoms with Crippen LogP contribution in [-0.4, -0.2) is 50.1 Å². The van der Waals surface area contributed by atoms with Crippen LogP contribution in [0.3, 0.4) is 0 Å². The molecule has 7 heteroatoms. The van der Waals surface area contributed by atoms with Gasteiger partial charge in [0.2, 0.25) is 0 Å². The quantitative estimate of drug-likeness (QED) is 0.529. The van der Waals surface area contributed by atoms with Gasteiger partial charge in [-0.2, -0.15) is 0 Å². The van der Waals surface area contributed by atoms with Gasteiger partial charge in [0.05, 0.1) is 17.3 Å². The molecule has 1 aromatic heterocycles. The van der Waals surface area contributed by atoms with Gasteiger partial charge >= 0.3 is 0 Å². The third-order valence-corrected chi connectivity index (χ3v) is 5.81. The van der Waals surface area contributed by atoms with Crippen LogP contribution in [0.25, 0.3) is 10.2 Å². The van der Waals surface area contributed by atoms with Gasteiger partial charge in [0.25, 0.3) is 5.91 Å². The van der Waals surface area contributed by atoms with E-state index in [2.05, 4.69) is 30.9 Å². The second-order valence-electron chi connectivity index (χ2n) is 7.25. The summed E-state index contributed by atoms with van der Waals surface area (Å²) < 4.78 is 6.39. The number of hydrogen-bond donors (Lipinski definition) is 0. The number of thiazole rings is 1. The predicted octanol–water partition coefficient (Wildman–Crippen LogP) is 4.94. The third kappa shape index (κ3) is 5.47. The van der Waals surface area contributed by atoms with Gasteiger partial charge < -0.3 is 9.64 Å². The fourth-order valence-electron chi connectivity index (χ4n) is 3.02. The zero-order chi connectivity index (χ0) is 20.3. The number of aryl methyl sites for hydroxylation is 2. The molecular weight excluding hydrogens is 406 g/mol. The number of methoxy groups -OCH3 is 1. The van der Waals surface area contributed by atoms with E-state index < -0.39 is 0 Å². The molecular formula is C22H28ClN3O2S. The van der Waals surface area contributed by atoms with Crippen molar-refractivity contribution in [1.29, 1.82) is 0 Å². The molecule has 1 amide bonds. The molecule has 2 aromatic carbocycles. The largest absolute Gasteiger partial charge is 0.497 e. The van der Waals surface area contributed by atoms with Crippen molar-refractivity contribution >= 4 is 45.0 Å². The van der Waals surface area contributed by atoms with Crippen LogP contribution in [0, 0.1) is 13.8 Å². The average molecular weight is 434 g/mol. The molecule has 5 nitrogen and oxygen atoms in total. The number of ether oxygens (including phenoxy) is 1. The van der Waals surface area contributed by atoms with Crippen LogP contribution in [0.1, 0.15) is 27.9 Å². The number of aromatic nitrogens is 1. The molecule has 0 N–H and O–H groups in total. The van der Waals surface area contributed by atoms with Gasteiger partial charge in [0.1, 0.15) is 5.75 Å². The first kappa shape index (κ1) is 23.1. The van der Waals surface area contributed by atoms with Crippen molar-refractivity contribution in [3.63, 3.8) is 0 Å². The molecule has 0 saturated carbocycles. The third-order valence-electron chi connectivity index (χ3n) is 4.77. The highest BCUT2D eigenvalue weighted by Crippen LogP contribution is 2.32. The summed E-state index contributed by atoms with van der Waals surface area (Å²) in [4.78, 5) is 22.0. The Balaban J connectivity index is 0.00000300. The minimum absolute atomic E-state index is 0. The second-order valence-corrected chi connectivity index (χ2v) is 8.26. The van der Waals surface area contributed by atoms with E-state index in [-0.39, 0.29) is 18.3 Å². The van der Waals surface area contributed by atoms with Crippen molar-refractivity contribution < 1.29 is 9.53 Å². The first-order valence-electron chi connectivity index (χ1n) is 9.37. The minimum Gasteiger partial charge on any atom is -0.497 e. The number of hydrogen-bond acceptors (Lipinski definition) is 5. The van der Waals surface area contributed by atoms with Gasteiger partial charge in [-0.25, -0.2) is 4.98 Å². The monoisotopic (exact) mass is 433 g/mol. The van der Waals surface area contributed by atoms with Gasteiger partial charge in [-0.15, -0.1) is 12.4 Å². The van der Waals surface area contributed by atoms with Crippen LogP contribution in [-0.2, 0) is 0 Å². The summed E-state index contributed by atoms with van der Waals surface area (Å²) in [6.07, 6.45) is 0.872. The number of fused-ring (bicyclic) bond motifs is 1. The van der Waals surface area contributed by atoms with Crippen molar-refractivity contribution in [2.75, 3.05) is 39.2 Å². The lowest BCUT2D eigenvalue weighted by Gasteiger charge is -2.21. The van der Waals surface area contributed by atoms with Crippen molar-refractivity contribution in [2.45, 2.75) is 20.3 Å².